The molecule has 0 saturated carbocycles. The van der Waals surface area contributed by atoms with E-state index in [1.165, 1.54) is 0 Å². The van der Waals surface area contributed by atoms with Crippen molar-refractivity contribution in [2.45, 2.75) is 37.9 Å². The molecule has 94 valence electrons. The lowest BCUT2D eigenvalue weighted by atomic mass is 9.95. The summed E-state index contributed by atoms with van der Waals surface area (Å²) in [5, 5.41) is 0. The van der Waals surface area contributed by atoms with Gasteiger partial charge < -0.3 is 10.5 Å². The van der Waals surface area contributed by atoms with Gasteiger partial charge in [0, 0.05) is 43.9 Å². The fourth-order valence-electron chi connectivity index (χ4n) is 2.68. The maximum absolute atomic E-state index is 6.20. The van der Waals surface area contributed by atoms with Gasteiger partial charge in [0.15, 0.2) is 0 Å². The molecule has 2 fully saturated rings. The van der Waals surface area contributed by atoms with Gasteiger partial charge in [0.25, 0.3) is 0 Å². The number of piperazine rings is 1. The normalized spacial score (nSPS) is 37.5. The van der Waals surface area contributed by atoms with Crippen LogP contribution in [0.3, 0.4) is 0 Å². The Hall–Kier alpha value is -0.160. The molecule has 2 atom stereocenters. The van der Waals surface area contributed by atoms with Crippen LogP contribution in [-0.4, -0.2) is 67.3 Å². The summed E-state index contributed by atoms with van der Waals surface area (Å²) in [6.07, 6.45) is 0.997. The Morgan fingerprint density at radius 2 is 2.06 bits per heavy atom. The van der Waals surface area contributed by atoms with Crippen molar-refractivity contribution in [2.75, 3.05) is 39.9 Å². The van der Waals surface area contributed by atoms with Crippen LogP contribution in [0.5, 0.6) is 0 Å². The molecular formula is C12H25N3O. The molecule has 4 nitrogen and oxygen atoms in total. The molecule has 0 aliphatic carbocycles. The van der Waals surface area contributed by atoms with Gasteiger partial charge in [-0.05, 0) is 27.3 Å². The summed E-state index contributed by atoms with van der Waals surface area (Å²) in [5.74, 6) is 0. The van der Waals surface area contributed by atoms with Crippen LogP contribution in [0.25, 0.3) is 0 Å². The lowest BCUT2D eigenvalue weighted by Crippen LogP contribution is -2.64. The number of hydrogen-bond donors (Lipinski definition) is 1. The van der Waals surface area contributed by atoms with Gasteiger partial charge in [0.2, 0.25) is 0 Å². The van der Waals surface area contributed by atoms with Crippen LogP contribution in [0.15, 0.2) is 0 Å². The van der Waals surface area contributed by atoms with E-state index < -0.39 is 0 Å². The predicted molar refractivity (Wildman–Crippen MR) is 65.5 cm³/mol. The van der Waals surface area contributed by atoms with E-state index in [1.54, 1.807) is 0 Å². The average molecular weight is 227 g/mol. The highest BCUT2D eigenvalue weighted by molar-refractivity contribution is 4.94. The molecule has 0 bridgehead atoms. The maximum Gasteiger partial charge on any atom is 0.0636 e. The van der Waals surface area contributed by atoms with E-state index in [2.05, 4.69) is 30.7 Å². The predicted octanol–water partition coefficient (Wildman–Crippen LogP) is 0.129. The number of likely N-dealkylation sites (N-methyl/N-ethyl adjacent to an activating group) is 1. The standard InChI is InChI=1S/C12H25N3O/c1-12(2)9-15(6-5-14(12)3)11-8-16-7-4-10(11)13/h10-11H,4-9,13H2,1-3H3. The molecule has 4 heteroatoms. The summed E-state index contributed by atoms with van der Waals surface area (Å²) in [5.41, 5.74) is 6.44. The van der Waals surface area contributed by atoms with Crippen LogP contribution in [0.4, 0.5) is 0 Å². The quantitative estimate of drug-likeness (QED) is 0.691. The van der Waals surface area contributed by atoms with Crippen molar-refractivity contribution >= 4 is 0 Å². The minimum atomic E-state index is 0.245. The summed E-state index contributed by atoms with van der Waals surface area (Å²) in [6, 6.07) is 0.703. The van der Waals surface area contributed by atoms with Crippen molar-refractivity contribution in [3.8, 4) is 0 Å². The van der Waals surface area contributed by atoms with Crippen LogP contribution >= 0.6 is 0 Å². The zero-order valence-corrected chi connectivity index (χ0v) is 10.8. The van der Waals surface area contributed by atoms with Crippen LogP contribution in [0.2, 0.25) is 0 Å². The molecule has 16 heavy (non-hydrogen) atoms. The Bertz CT molecular complexity index is 244. The topological polar surface area (TPSA) is 41.7 Å². The molecule has 0 spiro atoms. The molecule has 0 amide bonds. The minimum absolute atomic E-state index is 0.245. The van der Waals surface area contributed by atoms with Crippen molar-refractivity contribution in [1.29, 1.82) is 0 Å². The Morgan fingerprint density at radius 1 is 1.31 bits per heavy atom. The summed E-state index contributed by atoms with van der Waals surface area (Å²) in [4.78, 5) is 4.95. The van der Waals surface area contributed by atoms with E-state index in [4.69, 9.17) is 10.5 Å². The van der Waals surface area contributed by atoms with Gasteiger partial charge in [-0.15, -0.1) is 0 Å². The third-order valence-electron chi connectivity index (χ3n) is 4.19. The van der Waals surface area contributed by atoms with Gasteiger partial charge in [-0.2, -0.15) is 0 Å². The Kier molecular flexibility index (Phi) is 3.54. The second kappa shape index (κ2) is 4.61. The second-order valence-corrected chi connectivity index (χ2v) is 5.80. The van der Waals surface area contributed by atoms with Gasteiger partial charge >= 0.3 is 0 Å². The monoisotopic (exact) mass is 227 g/mol. The highest BCUT2D eigenvalue weighted by atomic mass is 16.5. The first-order valence-corrected chi connectivity index (χ1v) is 6.29. The SMILES string of the molecule is CN1CCN(C2COCCC2N)CC1(C)C. The second-order valence-electron chi connectivity index (χ2n) is 5.80. The molecule has 2 N–H and O–H groups in total. The Morgan fingerprint density at radius 3 is 2.69 bits per heavy atom. The first-order chi connectivity index (χ1) is 7.50. The number of nitrogens with two attached hydrogens (primary N) is 1. The fourth-order valence-corrected chi connectivity index (χ4v) is 2.68. The van der Waals surface area contributed by atoms with Gasteiger partial charge in [0.05, 0.1) is 6.61 Å². The van der Waals surface area contributed by atoms with E-state index in [9.17, 15) is 0 Å². The highest BCUT2D eigenvalue weighted by Gasteiger charge is 2.37. The highest BCUT2D eigenvalue weighted by Crippen LogP contribution is 2.23. The average Bonchev–Trinajstić information content (AvgIpc) is 2.23. The molecule has 0 aromatic heterocycles. The van der Waals surface area contributed by atoms with Crippen molar-refractivity contribution in [3.63, 3.8) is 0 Å². The lowest BCUT2D eigenvalue weighted by molar-refractivity contribution is -0.0413. The molecule has 0 radical (unpaired) electrons. The summed E-state index contributed by atoms with van der Waals surface area (Å²) >= 11 is 0. The van der Waals surface area contributed by atoms with E-state index in [0.717, 1.165) is 39.3 Å². The Balaban J connectivity index is 1.99. The van der Waals surface area contributed by atoms with E-state index in [1.807, 2.05) is 0 Å². The van der Waals surface area contributed by atoms with Crippen LogP contribution in [0, 0.1) is 0 Å². The smallest absolute Gasteiger partial charge is 0.0636 e. The number of ether oxygens (including phenoxy) is 1. The molecule has 2 aliphatic heterocycles. The van der Waals surface area contributed by atoms with Crippen molar-refractivity contribution in [3.05, 3.63) is 0 Å². The third kappa shape index (κ3) is 2.40. The third-order valence-corrected chi connectivity index (χ3v) is 4.19. The van der Waals surface area contributed by atoms with Gasteiger partial charge in [-0.1, -0.05) is 0 Å². The van der Waals surface area contributed by atoms with Crippen LogP contribution in [-0.2, 0) is 4.74 Å². The van der Waals surface area contributed by atoms with Crippen LogP contribution in [0.1, 0.15) is 20.3 Å². The molecule has 0 aromatic carbocycles. The zero-order valence-electron chi connectivity index (χ0n) is 10.8. The number of hydrogen-bond acceptors (Lipinski definition) is 4. The van der Waals surface area contributed by atoms with Crippen molar-refractivity contribution in [1.82, 2.24) is 9.80 Å². The van der Waals surface area contributed by atoms with Gasteiger partial charge in [0.1, 0.15) is 0 Å². The molecule has 2 rings (SSSR count). The van der Waals surface area contributed by atoms with E-state index >= 15 is 0 Å². The summed E-state index contributed by atoms with van der Waals surface area (Å²) in [7, 11) is 2.20. The fraction of sp³-hybridized carbons (Fsp3) is 1.00. The molecule has 0 aromatic rings. The first kappa shape index (κ1) is 12.3. The lowest BCUT2D eigenvalue weighted by Gasteiger charge is -2.49. The van der Waals surface area contributed by atoms with E-state index in [0.29, 0.717) is 6.04 Å². The molecule has 2 unspecified atom stereocenters. The van der Waals surface area contributed by atoms with Crippen LogP contribution < -0.4 is 5.73 Å². The molecule has 2 heterocycles. The first-order valence-electron chi connectivity index (χ1n) is 6.29. The van der Waals surface area contributed by atoms with Gasteiger partial charge in [-0.25, -0.2) is 0 Å². The Labute approximate surface area is 98.7 Å². The maximum atomic E-state index is 6.20. The van der Waals surface area contributed by atoms with Crippen molar-refractivity contribution in [2.24, 2.45) is 5.73 Å². The van der Waals surface area contributed by atoms with Gasteiger partial charge in [-0.3, -0.25) is 9.80 Å². The molecule has 2 aliphatic rings. The summed E-state index contributed by atoms with van der Waals surface area (Å²) < 4.78 is 5.57. The minimum Gasteiger partial charge on any atom is -0.380 e. The number of nitrogens with zero attached hydrogens (tertiary/aromatic N) is 2. The number of rotatable bonds is 1. The molecular weight excluding hydrogens is 202 g/mol. The molecule has 2 saturated heterocycles. The van der Waals surface area contributed by atoms with E-state index in [-0.39, 0.29) is 11.6 Å². The van der Waals surface area contributed by atoms with Crippen molar-refractivity contribution < 1.29 is 4.74 Å². The summed E-state index contributed by atoms with van der Waals surface area (Å²) in [6.45, 7) is 9.56. The largest absolute Gasteiger partial charge is 0.380 e. The zero-order chi connectivity index (χ0) is 11.8.